The lowest BCUT2D eigenvalue weighted by Gasteiger charge is -2.20. The Balaban J connectivity index is 1.59. The smallest absolute Gasteiger partial charge is 0.259 e. The molecule has 160 valence electrons. The van der Waals surface area contributed by atoms with Gasteiger partial charge in [0.05, 0.1) is 21.7 Å². The Morgan fingerprint density at radius 2 is 1.69 bits per heavy atom. The molecule has 32 heavy (non-hydrogen) atoms. The third kappa shape index (κ3) is 3.48. The first-order valence-corrected chi connectivity index (χ1v) is 10.4. The summed E-state index contributed by atoms with van der Waals surface area (Å²) in [6, 6.07) is 17.5. The monoisotopic (exact) mass is 447 g/mol. The van der Waals surface area contributed by atoms with Crippen molar-refractivity contribution in [1.82, 2.24) is 0 Å². The molecule has 0 atom stereocenters. The van der Waals surface area contributed by atoms with Crippen molar-refractivity contribution >= 4 is 34.2 Å². The lowest BCUT2D eigenvalue weighted by Crippen LogP contribution is -2.17. The molecular weight excluding hydrogens is 430 g/mol. The van der Waals surface area contributed by atoms with Crippen LogP contribution >= 0.6 is 11.6 Å². The van der Waals surface area contributed by atoms with E-state index >= 15 is 0 Å². The van der Waals surface area contributed by atoms with E-state index in [0.29, 0.717) is 52.1 Å². The second-order valence-electron chi connectivity index (χ2n) is 7.36. The van der Waals surface area contributed by atoms with Crippen molar-refractivity contribution in [1.29, 1.82) is 0 Å². The van der Waals surface area contributed by atoms with E-state index < -0.39 is 5.91 Å². The van der Waals surface area contributed by atoms with Crippen molar-refractivity contribution in [2.24, 2.45) is 0 Å². The number of halogens is 1. The van der Waals surface area contributed by atoms with Gasteiger partial charge in [0.25, 0.3) is 5.91 Å². The topological polar surface area (TPSA) is 77.8 Å². The number of amides is 1. The summed E-state index contributed by atoms with van der Waals surface area (Å²) >= 11 is 6.34. The maximum absolute atomic E-state index is 13.2. The molecule has 6 nitrogen and oxygen atoms in total. The Kier molecular flexibility index (Phi) is 5.07. The molecule has 0 unspecified atom stereocenters. The van der Waals surface area contributed by atoms with Crippen LogP contribution in [0.15, 0.2) is 69.9 Å². The summed E-state index contributed by atoms with van der Waals surface area (Å²) in [5.41, 5.74) is 1.87. The van der Waals surface area contributed by atoms with Gasteiger partial charge in [-0.05, 0) is 19.1 Å². The molecule has 0 aliphatic carbocycles. The normalized spacial score (nSPS) is 12.6. The van der Waals surface area contributed by atoms with Gasteiger partial charge in [-0.25, -0.2) is 0 Å². The van der Waals surface area contributed by atoms with Crippen LogP contribution in [0, 0.1) is 6.92 Å². The van der Waals surface area contributed by atoms with E-state index in [0.717, 1.165) is 5.56 Å². The Hall–Kier alpha value is -3.77. The number of benzene rings is 3. The van der Waals surface area contributed by atoms with Crippen molar-refractivity contribution in [2.75, 3.05) is 18.5 Å². The molecule has 0 fully saturated rings. The quantitative estimate of drug-likeness (QED) is 0.452. The number of ether oxygens (including phenoxy) is 2. The van der Waals surface area contributed by atoms with E-state index in [1.54, 1.807) is 37.3 Å². The highest BCUT2D eigenvalue weighted by atomic mass is 35.5. The Labute approximate surface area is 188 Å². The number of carbonyl (C=O) groups excluding carboxylic acids is 1. The van der Waals surface area contributed by atoms with Crippen LogP contribution in [0.3, 0.4) is 0 Å². The maximum Gasteiger partial charge on any atom is 0.259 e. The Morgan fingerprint density at radius 1 is 0.969 bits per heavy atom. The van der Waals surface area contributed by atoms with Crippen LogP contribution in [0.5, 0.6) is 11.5 Å². The molecule has 5 rings (SSSR count). The van der Waals surface area contributed by atoms with Gasteiger partial charge in [0.15, 0.2) is 22.5 Å². The molecule has 7 heteroatoms. The molecule has 4 aromatic rings. The standard InChI is InChI=1S/C25H18ClNO5/c1-14-22(28)16-8-5-9-17(24(16)32-23(14)15-6-3-2-4-7-15)25(29)27-19-13-21-20(12-18(19)26)30-10-11-31-21/h2-9,12-13H,10-11H2,1H3,(H,27,29). The van der Waals surface area contributed by atoms with Crippen molar-refractivity contribution in [3.63, 3.8) is 0 Å². The van der Waals surface area contributed by atoms with Crippen LogP contribution in [0.2, 0.25) is 5.02 Å². The molecule has 0 radical (unpaired) electrons. The van der Waals surface area contributed by atoms with Crippen LogP contribution in [-0.2, 0) is 0 Å². The molecule has 1 aromatic heterocycles. The highest BCUT2D eigenvalue weighted by molar-refractivity contribution is 6.34. The first kappa shape index (κ1) is 20.2. The number of carbonyl (C=O) groups is 1. The van der Waals surface area contributed by atoms with E-state index in [9.17, 15) is 9.59 Å². The van der Waals surface area contributed by atoms with Gasteiger partial charge in [0.2, 0.25) is 0 Å². The number of fused-ring (bicyclic) bond motifs is 2. The minimum absolute atomic E-state index is 0.183. The molecule has 0 saturated carbocycles. The van der Waals surface area contributed by atoms with Crippen molar-refractivity contribution < 1.29 is 18.7 Å². The van der Waals surface area contributed by atoms with Gasteiger partial charge < -0.3 is 19.2 Å². The summed E-state index contributed by atoms with van der Waals surface area (Å²) in [5.74, 6) is 1.00. The molecule has 1 N–H and O–H groups in total. The number of para-hydroxylation sites is 1. The Bertz CT molecular complexity index is 1410. The molecule has 0 bridgehead atoms. The highest BCUT2D eigenvalue weighted by Gasteiger charge is 2.21. The number of anilines is 1. The van der Waals surface area contributed by atoms with Gasteiger partial charge >= 0.3 is 0 Å². The summed E-state index contributed by atoms with van der Waals surface area (Å²) in [5, 5.41) is 3.44. The van der Waals surface area contributed by atoms with Crippen molar-refractivity contribution in [3.05, 3.63) is 87.0 Å². The van der Waals surface area contributed by atoms with Gasteiger partial charge in [0, 0.05) is 23.3 Å². The predicted molar refractivity (Wildman–Crippen MR) is 123 cm³/mol. The first-order valence-electron chi connectivity index (χ1n) is 10.1. The van der Waals surface area contributed by atoms with E-state index in [2.05, 4.69) is 5.32 Å². The summed E-state index contributed by atoms with van der Waals surface area (Å²) in [4.78, 5) is 26.2. The summed E-state index contributed by atoms with van der Waals surface area (Å²) in [7, 11) is 0. The fourth-order valence-electron chi connectivity index (χ4n) is 3.70. The van der Waals surface area contributed by atoms with Gasteiger partial charge in [-0.2, -0.15) is 0 Å². The Morgan fingerprint density at radius 3 is 2.44 bits per heavy atom. The second-order valence-corrected chi connectivity index (χ2v) is 7.77. The van der Waals surface area contributed by atoms with Crippen LogP contribution in [-0.4, -0.2) is 19.1 Å². The molecule has 0 saturated heterocycles. The maximum atomic E-state index is 13.2. The molecule has 3 aromatic carbocycles. The van der Waals surface area contributed by atoms with Gasteiger partial charge in [-0.3, -0.25) is 9.59 Å². The highest BCUT2D eigenvalue weighted by Crippen LogP contribution is 2.38. The largest absolute Gasteiger partial charge is 0.486 e. The summed E-state index contributed by atoms with van der Waals surface area (Å²) in [6.07, 6.45) is 0. The molecule has 1 aliphatic rings. The lowest BCUT2D eigenvalue weighted by molar-refractivity contribution is 0.102. The van der Waals surface area contributed by atoms with Crippen molar-refractivity contribution in [2.45, 2.75) is 6.92 Å². The van der Waals surface area contributed by atoms with Gasteiger partial charge in [-0.15, -0.1) is 0 Å². The SMILES string of the molecule is Cc1c(-c2ccccc2)oc2c(C(=O)Nc3cc4c(cc3Cl)OCCO4)cccc2c1=O. The third-order valence-corrected chi connectivity index (χ3v) is 5.62. The fraction of sp³-hybridized carbons (Fsp3) is 0.120. The van der Waals surface area contributed by atoms with E-state index in [-0.39, 0.29) is 16.6 Å². The fourth-order valence-corrected chi connectivity index (χ4v) is 3.90. The van der Waals surface area contributed by atoms with Gasteiger partial charge in [0.1, 0.15) is 19.0 Å². The number of hydrogen-bond donors (Lipinski definition) is 1. The van der Waals surface area contributed by atoms with Crippen LogP contribution in [0.1, 0.15) is 15.9 Å². The third-order valence-electron chi connectivity index (χ3n) is 5.31. The minimum Gasteiger partial charge on any atom is -0.486 e. The average Bonchev–Trinajstić information content (AvgIpc) is 2.82. The van der Waals surface area contributed by atoms with Gasteiger partial charge in [-0.1, -0.05) is 48.0 Å². The molecule has 0 spiro atoms. The number of rotatable bonds is 3. The number of hydrogen-bond acceptors (Lipinski definition) is 5. The molecule has 1 amide bonds. The summed E-state index contributed by atoms with van der Waals surface area (Å²) in [6.45, 7) is 2.57. The second kappa shape index (κ2) is 8.05. The lowest BCUT2D eigenvalue weighted by atomic mass is 10.0. The van der Waals surface area contributed by atoms with Crippen LogP contribution in [0.25, 0.3) is 22.3 Å². The zero-order valence-electron chi connectivity index (χ0n) is 17.1. The average molecular weight is 448 g/mol. The number of nitrogens with one attached hydrogen (secondary N) is 1. The molecule has 2 heterocycles. The first-order chi connectivity index (χ1) is 15.5. The summed E-state index contributed by atoms with van der Waals surface area (Å²) < 4.78 is 17.2. The molecule has 1 aliphatic heterocycles. The predicted octanol–water partition coefficient (Wildman–Crippen LogP) is 5.45. The zero-order valence-corrected chi connectivity index (χ0v) is 17.9. The van der Waals surface area contributed by atoms with E-state index in [1.807, 2.05) is 30.3 Å². The van der Waals surface area contributed by atoms with E-state index in [1.165, 1.54) is 0 Å². The molecular formula is C25H18ClNO5. The van der Waals surface area contributed by atoms with Crippen LogP contribution < -0.4 is 20.2 Å². The zero-order chi connectivity index (χ0) is 22.2. The minimum atomic E-state index is -0.458. The van der Waals surface area contributed by atoms with Crippen molar-refractivity contribution in [3.8, 4) is 22.8 Å². The van der Waals surface area contributed by atoms with Crippen LogP contribution in [0.4, 0.5) is 5.69 Å². The van der Waals surface area contributed by atoms with E-state index in [4.69, 9.17) is 25.5 Å².